The third kappa shape index (κ3) is 5.68. The lowest BCUT2D eigenvalue weighted by Gasteiger charge is -2.25. The van der Waals surface area contributed by atoms with Crippen molar-refractivity contribution >= 4 is 18.3 Å². The van der Waals surface area contributed by atoms with E-state index in [4.69, 9.17) is 4.74 Å². The molecule has 1 rings (SSSR count). The lowest BCUT2D eigenvalue weighted by atomic mass is 10.0. The third-order valence-electron chi connectivity index (χ3n) is 2.92. The van der Waals surface area contributed by atoms with Gasteiger partial charge in [0, 0.05) is 19.2 Å². The van der Waals surface area contributed by atoms with E-state index in [2.05, 4.69) is 17.6 Å². The van der Waals surface area contributed by atoms with Crippen LogP contribution in [0.5, 0.6) is 0 Å². The van der Waals surface area contributed by atoms with Gasteiger partial charge in [0.05, 0.1) is 13.2 Å². The standard InChI is InChI=1S/C11H22N2O2.ClH/c1-11(5-3-4-6-11)13-10(14)9-12-7-8-15-2;/h12H,3-9H2,1-2H3,(H,13,14);1H. The Morgan fingerprint density at radius 3 is 2.56 bits per heavy atom. The Kier molecular flexibility index (Phi) is 7.72. The van der Waals surface area contributed by atoms with E-state index in [0.717, 1.165) is 19.4 Å². The van der Waals surface area contributed by atoms with E-state index in [1.807, 2.05) is 0 Å². The minimum absolute atomic E-state index is 0. The van der Waals surface area contributed by atoms with Gasteiger partial charge in [-0.3, -0.25) is 4.79 Å². The van der Waals surface area contributed by atoms with Gasteiger partial charge < -0.3 is 15.4 Å². The number of methoxy groups -OCH3 is 1. The first-order chi connectivity index (χ1) is 7.16. The van der Waals surface area contributed by atoms with Gasteiger partial charge in [0.2, 0.25) is 5.91 Å². The molecule has 5 heteroatoms. The monoisotopic (exact) mass is 250 g/mol. The van der Waals surface area contributed by atoms with Gasteiger partial charge in [-0.1, -0.05) is 12.8 Å². The first-order valence-electron chi connectivity index (χ1n) is 5.67. The summed E-state index contributed by atoms with van der Waals surface area (Å²) in [5.74, 6) is 0.0931. The van der Waals surface area contributed by atoms with E-state index in [1.54, 1.807) is 7.11 Å². The predicted molar refractivity (Wildman–Crippen MR) is 67.0 cm³/mol. The van der Waals surface area contributed by atoms with E-state index < -0.39 is 0 Å². The zero-order chi connectivity index (χ0) is 11.1. The van der Waals surface area contributed by atoms with E-state index in [0.29, 0.717) is 13.2 Å². The van der Waals surface area contributed by atoms with Crippen LogP contribution in [-0.2, 0) is 9.53 Å². The van der Waals surface area contributed by atoms with Gasteiger partial charge in [0.25, 0.3) is 0 Å². The Balaban J connectivity index is 0.00000225. The fourth-order valence-electron chi connectivity index (χ4n) is 2.04. The van der Waals surface area contributed by atoms with Crippen LogP contribution in [0.25, 0.3) is 0 Å². The van der Waals surface area contributed by atoms with Gasteiger partial charge in [0.1, 0.15) is 0 Å². The first-order valence-corrected chi connectivity index (χ1v) is 5.67. The van der Waals surface area contributed by atoms with Crippen LogP contribution in [0.3, 0.4) is 0 Å². The molecule has 0 unspecified atom stereocenters. The minimum atomic E-state index is 0. The van der Waals surface area contributed by atoms with Crippen molar-refractivity contribution in [2.24, 2.45) is 0 Å². The molecule has 96 valence electrons. The van der Waals surface area contributed by atoms with E-state index in [9.17, 15) is 4.79 Å². The van der Waals surface area contributed by atoms with Crippen LogP contribution in [0.4, 0.5) is 0 Å². The minimum Gasteiger partial charge on any atom is -0.383 e. The predicted octanol–water partition coefficient (Wildman–Crippen LogP) is 1.09. The van der Waals surface area contributed by atoms with E-state index in [-0.39, 0.29) is 23.9 Å². The number of carbonyl (C=O) groups is 1. The Bertz CT molecular complexity index is 206. The molecule has 1 fully saturated rings. The van der Waals surface area contributed by atoms with Crippen molar-refractivity contribution in [2.75, 3.05) is 26.8 Å². The molecule has 0 aromatic rings. The normalized spacial score (nSPS) is 17.9. The molecule has 0 saturated heterocycles. The topological polar surface area (TPSA) is 50.4 Å². The Hall–Kier alpha value is -0.320. The fraction of sp³-hybridized carbons (Fsp3) is 0.909. The van der Waals surface area contributed by atoms with Crippen LogP contribution in [0.15, 0.2) is 0 Å². The molecule has 0 aliphatic heterocycles. The molecular weight excluding hydrogens is 228 g/mol. The Morgan fingerprint density at radius 2 is 2.00 bits per heavy atom. The van der Waals surface area contributed by atoms with Crippen LogP contribution in [0.2, 0.25) is 0 Å². The van der Waals surface area contributed by atoms with Crippen LogP contribution in [0.1, 0.15) is 32.6 Å². The highest BCUT2D eigenvalue weighted by atomic mass is 35.5. The molecule has 16 heavy (non-hydrogen) atoms. The molecule has 0 spiro atoms. The third-order valence-corrected chi connectivity index (χ3v) is 2.92. The SMILES string of the molecule is COCCNCC(=O)NC1(C)CCCC1.Cl. The summed E-state index contributed by atoms with van der Waals surface area (Å²) in [6.45, 7) is 3.89. The molecule has 0 aromatic heterocycles. The van der Waals surface area contributed by atoms with Crippen molar-refractivity contribution in [2.45, 2.75) is 38.1 Å². The molecule has 1 aliphatic rings. The van der Waals surface area contributed by atoms with Crippen molar-refractivity contribution in [3.05, 3.63) is 0 Å². The summed E-state index contributed by atoms with van der Waals surface area (Å²) in [6, 6.07) is 0. The number of ether oxygens (including phenoxy) is 1. The van der Waals surface area contributed by atoms with Crippen LogP contribution < -0.4 is 10.6 Å². The second-order valence-electron chi connectivity index (χ2n) is 4.49. The average molecular weight is 251 g/mol. The highest BCUT2D eigenvalue weighted by Gasteiger charge is 2.29. The van der Waals surface area contributed by atoms with E-state index >= 15 is 0 Å². The zero-order valence-corrected chi connectivity index (χ0v) is 11.0. The van der Waals surface area contributed by atoms with Gasteiger partial charge >= 0.3 is 0 Å². The van der Waals surface area contributed by atoms with Gasteiger partial charge in [-0.25, -0.2) is 0 Å². The molecule has 4 nitrogen and oxygen atoms in total. The van der Waals surface area contributed by atoms with Crippen LogP contribution >= 0.6 is 12.4 Å². The van der Waals surface area contributed by atoms with Gasteiger partial charge in [0.15, 0.2) is 0 Å². The van der Waals surface area contributed by atoms with Crippen LogP contribution in [0, 0.1) is 0 Å². The summed E-state index contributed by atoms with van der Waals surface area (Å²) in [4.78, 5) is 11.6. The fourth-order valence-corrected chi connectivity index (χ4v) is 2.04. The number of hydrogen-bond acceptors (Lipinski definition) is 3. The summed E-state index contributed by atoms with van der Waals surface area (Å²) < 4.78 is 4.88. The van der Waals surface area contributed by atoms with E-state index in [1.165, 1.54) is 12.8 Å². The maximum absolute atomic E-state index is 11.6. The van der Waals surface area contributed by atoms with Gasteiger partial charge in [-0.2, -0.15) is 0 Å². The molecule has 2 N–H and O–H groups in total. The van der Waals surface area contributed by atoms with Crippen molar-refractivity contribution in [3.8, 4) is 0 Å². The maximum Gasteiger partial charge on any atom is 0.234 e. The quantitative estimate of drug-likeness (QED) is 0.694. The molecule has 0 atom stereocenters. The number of amides is 1. The highest BCUT2D eigenvalue weighted by Crippen LogP contribution is 2.28. The molecule has 0 aromatic carbocycles. The first kappa shape index (κ1) is 15.7. The number of hydrogen-bond donors (Lipinski definition) is 2. The zero-order valence-electron chi connectivity index (χ0n) is 10.2. The molecule has 1 saturated carbocycles. The Morgan fingerprint density at radius 1 is 1.38 bits per heavy atom. The summed E-state index contributed by atoms with van der Waals surface area (Å²) in [5.41, 5.74) is 0.0417. The van der Waals surface area contributed by atoms with Crippen LogP contribution in [-0.4, -0.2) is 38.3 Å². The maximum atomic E-state index is 11.6. The Labute approximate surface area is 104 Å². The number of carbonyl (C=O) groups excluding carboxylic acids is 1. The lowest BCUT2D eigenvalue weighted by molar-refractivity contribution is -0.121. The molecule has 0 bridgehead atoms. The average Bonchev–Trinajstić information content (AvgIpc) is 2.59. The molecule has 1 amide bonds. The van der Waals surface area contributed by atoms with Crippen molar-refractivity contribution in [1.82, 2.24) is 10.6 Å². The summed E-state index contributed by atoms with van der Waals surface area (Å²) in [6.07, 6.45) is 4.68. The number of nitrogens with one attached hydrogen (secondary N) is 2. The molecular formula is C11H23ClN2O2. The summed E-state index contributed by atoms with van der Waals surface area (Å²) >= 11 is 0. The second kappa shape index (κ2) is 7.87. The van der Waals surface area contributed by atoms with Crippen molar-refractivity contribution in [1.29, 1.82) is 0 Å². The lowest BCUT2D eigenvalue weighted by Crippen LogP contribution is -2.47. The summed E-state index contributed by atoms with van der Waals surface area (Å²) in [7, 11) is 1.65. The highest BCUT2D eigenvalue weighted by molar-refractivity contribution is 5.85. The second-order valence-corrected chi connectivity index (χ2v) is 4.49. The van der Waals surface area contributed by atoms with Gasteiger partial charge in [-0.15, -0.1) is 12.4 Å². The van der Waals surface area contributed by atoms with Crippen molar-refractivity contribution in [3.63, 3.8) is 0 Å². The molecule has 0 heterocycles. The number of rotatable bonds is 6. The largest absolute Gasteiger partial charge is 0.383 e. The molecule has 0 radical (unpaired) electrons. The van der Waals surface area contributed by atoms with Crippen molar-refractivity contribution < 1.29 is 9.53 Å². The summed E-state index contributed by atoms with van der Waals surface area (Å²) in [5, 5.41) is 6.13. The number of halogens is 1. The molecule has 1 aliphatic carbocycles. The van der Waals surface area contributed by atoms with Gasteiger partial charge in [-0.05, 0) is 19.8 Å². The smallest absolute Gasteiger partial charge is 0.234 e.